The summed E-state index contributed by atoms with van der Waals surface area (Å²) in [7, 11) is 0. The average Bonchev–Trinajstić information content (AvgIpc) is 2.82. The van der Waals surface area contributed by atoms with Gasteiger partial charge in [0.05, 0.1) is 27.4 Å². The topological polar surface area (TPSA) is 164 Å². The summed E-state index contributed by atoms with van der Waals surface area (Å²) in [5.41, 5.74) is -0.575. The van der Waals surface area contributed by atoms with Crippen LogP contribution in [0, 0.1) is 10.1 Å². The lowest BCUT2D eigenvalue weighted by Gasteiger charge is -2.10. The minimum atomic E-state index is -1.45. The highest BCUT2D eigenvalue weighted by Crippen LogP contribution is 2.24. The standard InChI is InChI=1S/C23H16N2O8S/c26-20(13-3-1-5-16(9-13)25(32)33)12-34-17-6-2-4-15(11-17)24-21(27)18-8-7-14(22(28)29)10-19(18)23(30)31/h1-11H,12H2,(H,24,27)(H,28,29)(H,30,31). The molecule has 3 aromatic rings. The molecule has 0 spiro atoms. The van der Waals surface area contributed by atoms with Crippen molar-refractivity contribution in [2.75, 3.05) is 11.1 Å². The van der Waals surface area contributed by atoms with Gasteiger partial charge in [0.2, 0.25) is 0 Å². The van der Waals surface area contributed by atoms with Gasteiger partial charge in [-0.3, -0.25) is 19.7 Å². The number of carbonyl (C=O) groups is 4. The molecule has 172 valence electrons. The number of carboxylic acids is 2. The van der Waals surface area contributed by atoms with Gasteiger partial charge in [0.15, 0.2) is 5.78 Å². The maximum atomic E-state index is 12.6. The highest BCUT2D eigenvalue weighted by Gasteiger charge is 2.19. The van der Waals surface area contributed by atoms with E-state index in [1.807, 2.05) is 0 Å². The monoisotopic (exact) mass is 480 g/mol. The number of carbonyl (C=O) groups excluding carboxylic acids is 2. The summed E-state index contributed by atoms with van der Waals surface area (Å²) in [6.45, 7) is 0. The molecule has 0 fully saturated rings. The molecule has 0 unspecified atom stereocenters. The number of ketones is 1. The third-order valence-electron chi connectivity index (χ3n) is 4.58. The van der Waals surface area contributed by atoms with Crippen molar-refractivity contribution in [2.45, 2.75) is 4.90 Å². The first kappa shape index (κ1) is 24.1. The second-order valence-corrected chi connectivity index (χ2v) is 7.92. The summed E-state index contributed by atoms with van der Waals surface area (Å²) < 4.78 is 0. The Kier molecular flexibility index (Phi) is 7.39. The number of rotatable bonds is 9. The number of hydrogen-bond donors (Lipinski definition) is 3. The maximum absolute atomic E-state index is 12.6. The predicted molar refractivity (Wildman–Crippen MR) is 123 cm³/mol. The highest BCUT2D eigenvalue weighted by molar-refractivity contribution is 8.00. The zero-order chi connectivity index (χ0) is 24.8. The number of thioether (sulfide) groups is 1. The summed E-state index contributed by atoms with van der Waals surface area (Å²) in [5.74, 6) is -3.83. The Morgan fingerprint density at radius 3 is 2.26 bits per heavy atom. The summed E-state index contributed by atoms with van der Waals surface area (Å²) in [5, 5.41) is 31.8. The van der Waals surface area contributed by atoms with Crippen LogP contribution in [0.1, 0.15) is 41.4 Å². The molecule has 0 bridgehead atoms. The van der Waals surface area contributed by atoms with Gasteiger partial charge in [0, 0.05) is 28.3 Å². The van der Waals surface area contributed by atoms with Crippen LogP contribution in [0.25, 0.3) is 0 Å². The van der Waals surface area contributed by atoms with Crippen LogP contribution < -0.4 is 5.32 Å². The van der Waals surface area contributed by atoms with Gasteiger partial charge in [-0.05, 0) is 36.4 Å². The summed E-state index contributed by atoms with van der Waals surface area (Å²) >= 11 is 1.16. The molecule has 11 heteroatoms. The molecule has 3 N–H and O–H groups in total. The zero-order valence-corrected chi connectivity index (χ0v) is 18.1. The maximum Gasteiger partial charge on any atom is 0.336 e. The van der Waals surface area contributed by atoms with E-state index in [1.165, 1.54) is 24.3 Å². The van der Waals surface area contributed by atoms with E-state index in [4.69, 9.17) is 5.11 Å². The Labute approximate surface area is 196 Å². The molecule has 0 saturated carbocycles. The van der Waals surface area contributed by atoms with Gasteiger partial charge in [-0.15, -0.1) is 11.8 Å². The van der Waals surface area contributed by atoms with E-state index in [0.29, 0.717) is 10.6 Å². The molecule has 0 saturated heterocycles. The molecule has 0 atom stereocenters. The van der Waals surface area contributed by atoms with Crippen LogP contribution in [-0.2, 0) is 0 Å². The first-order valence-electron chi connectivity index (χ1n) is 9.58. The van der Waals surface area contributed by atoms with Crippen LogP contribution in [0.3, 0.4) is 0 Å². The highest BCUT2D eigenvalue weighted by atomic mass is 32.2. The van der Waals surface area contributed by atoms with Crippen LogP contribution in [0.4, 0.5) is 11.4 Å². The van der Waals surface area contributed by atoms with Gasteiger partial charge < -0.3 is 15.5 Å². The molecule has 0 aliphatic carbocycles. The summed E-state index contributed by atoms with van der Waals surface area (Å²) in [6.07, 6.45) is 0. The fraction of sp³-hybridized carbons (Fsp3) is 0.0435. The summed E-state index contributed by atoms with van der Waals surface area (Å²) in [4.78, 5) is 58.5. The molecule has 0 aliphatic heterocycles. The number of aromatic carboxylic acids is 2. The fourth-order valence-electron chi connectivity index (χ4n) is 2.94. The van der Waals surface area contributed by atoms with E-state index in [-0.39, 0.29) is 33.9 Å². The van der Waals surface area contributed by atoms with Crippen molar-refractivity contribution < 1.29 is 34.3 Å². The Bertz CT molecular complexity index is 1320. The van der Waals surface area contributed by atoms with Crippen molar-refractivity contribution in [2.24, 2.45) is 0 Å². The quantitative estimate of drug-likeness (QED) is 0.176. The number of non-ortho nitro benzene ring substituents is 1. The normalized spacial score (nSPS) is 10.4. The van der Waals surface area contributed by atoms with Gasteiger partial charge in [0.1, 0.15) is 0 Å². The number of benzene rings is 3. The summed E-state index contributed by atoms with van der Waals surface area (Å²) in [6, 6.07) is 15.1. The number of amides is 1. The molecule has 10 nitrogen and oxygen atoms in total. The van der Waals surface area contributed by atoms with Crippen molar-refractivity contribution in [3.05, 3.63) is 99.1 Å². The average molecular weight is 480 g/mol. The third kappa shape index (κ3) is 5.84. The SMILES string of the molecule is O=C(O)c1ccc(C(=O)Nc2cccc(SCC(=O)c3cccc([N+](=O)[O-])c3)c2)c(C(=O)O)c1. The lowest BCUT2D eigenvalue weighted by Crippen LogP contribution is -2.17. The van der Waals surface area contributed by atoms with Crippen LogP contribution in [0.5, 0.6) is 0 Å². The Morgan fingerprint density at radius 2 is 1.59 bits per heavy atom. The van der Waals surface area contributed by atoms with E-state index >= 15 is 0 Å². The van der Waals surface area contributed by atoms with E-state index < -0.39 is 28.3 Å². The molecule has 1 amide bonds. The van der Waals surface area contributed by atoms with E-state index in [9.17, 15) is 34.4 Å². The molecule has 3 rings (SSSR count). The largest absolute Gasteiger partial charge is 0.478 e. The van der Waals surface area contributed by atoms with Crippen molar-refractivity contribution in [3.63, 3.8) is 0 Å². The van der Waals surface area contributed by atoms with E-state index in [2.05, 4.69) is 5.32 Å². The lowest BCUT2D eigenvalue weighted by molar-refractivity contribution is -0.384. The second-order valence-electron chi connectivity index (χ2n) is 6.87. The second kappa shape index (κ2) is 10.4. The number of Topliss-reactive ketones (excluding diaryl/α,β-unsaturated/α-hetero) is 1. The molecule has 3 aromatic carbocycles. The van der Waals surface area contributed by atoms with Crippen LogP contribution in [0.15, 0.2) is 71.6 Å². The number of anilines is 1. The van der Waals surface area contributed by atoms with Gasteiger partial charge >= 0.3 is 11.9 Å². The van der Waals surface area contributed by atoms with Crippen LogP contribution >= 0.6 is 11.8 Å². The zero-order valence-electron chi connectivity index (χ0n) is 17.3. The van der Waals surface area contributed by atoms with Crippen molar-refractivity contribution >= 4 is 46.8 Å². The number of nitro benzene ring substituents is 1. The minimum absolute atomic E-state index is 0.00161. The minimum Gasteiger partial charge on any atom is -0.478 e. The van der Waals surface area contributed by atoms with Crippen LogP contribution in [0.2, 0.25) is 0 Å². The Balaban J connectivity index is 1.71. The Hall–Kier alpha value is -4.51. The van der Waals surface area contributed by atoms with Gasteiger partial charge in [-0.25, -0.2) is 9.59 Å². The molecular weight excluding hydrogens is 464 g/mol. The van der Waals surface area contributed by atoms with Crippen molar-refractivity contribution in [1.82, 2.24) is 0 Å². The molecular formula is C23H16N2O8S. The van der Waals surface area contributed by atoms with E-state index in [0.717, 1.165) is 30.0 Å². The molecule has 0 heterocycles. The number of hydrogen-bond acceptors (Lipinski definition) is 7. The van der Waals surface area contributed by atoms with Crippen LogP contribution in [-0.4, -0.2) is 44.5 Å². The molecule has 0 aromatic heterocycles. The van der Waals surface area contributed by atoms with E-state index in [1.54, 1.807) is 24.3 Å². The number of carboxylic acid groups (broad SMARTS) is 2. The van der Waals surface area contributed by atoms with Gasteiger partial charge in [-0.1, -0.05) is 18.2 Å². The van der Waals surface area contributed by atoms with Gasteiger partial charge in [0.25, 0.3) is 11.6 Å². The number of nitro groups is 1. The Morgan fingerprint density at radius 1 is 0.853 bits per heavy atom. The molecule has 0 aliphatic rings. The first-order chi connectivity index (χ1) is 16.2. The lowest BCUT2D eigenvalue weighted by atomic mass is 10.0. The first-order valence-corrected chi connectivity index (χ1v) is 10.6. The molecule has 34 heavy (non-hydrogen) atoms. The fourth-order valence-corrected chi connectivity index (χ4v) is 3.79. The van der Waals surface area contributed by atoms with Crippen molar-refractivity contribution in [1.29, 1.82) is 0 Å². The number of nitrogens with zero attached hydrogens (tertiary/aromatic N) is 1. The number of nitrogens with one attached hydrogen (secondary N) is 1. The predicted octanol–water partition coefficient (Wildman–Crippen LogP) is 4.22. The van der Waals surface area contributed by atoms with Crippen molar-refractivity contribution in [3.8, 4) is 0 Å². The van der Waals surface area contributed by atoms with Gasteiger partial charge in [-0.2, -0.15) is 0 Å². The smallest absolute Gasteiger partial charge is 0.336 e. The third-order valence-corrected chi connectivity index (χ3v) is 5.58. The molecule has 0 radical (unpaired) electrons.